The zero-order chi connectivity index (χ0) is 23.9. The Morgan fingerprint density at radius 3 is 2.62 bits per heavy atom. The highest BCUT2D eigenvalue weighted by Gasteiger charge is 2.31. The number of hydrogen-bond acceptors (Lipinski definition) is 5. The maximum absolute atomic E-state index is 13.0. The van der Waals surface area contributed by atoms with Crippen LogP contribution in [0.2, 0.25) is 0 Å². The first-order chi connectivity index (χ1) is 16.5. The van der Waals surface area contributed by atoms with Crippen LogP contribution in [0.4, 0.5) is 5.69 Å². The molecule has 0 bridgehead atoms. The first-order valence-corrected chi connectivity index (χ1v) is 12.1. The number of para-hydroxylation sites is 1. The van der Waals surface area contributed by atoms with E-state index in [1.807, 2.05) is 79.7 Å². The minimum absolute atomic E-state index is 0.113. The van der Waals surface area contributed by atoms with Gasteiger partial charge in [-0.3, -0.25) is 14.5 Å². The minimum Gasteiger partial charge on any atom is -0.483 e. The molecule has 1 aliphatic rings. The van der Waals surface area contributed by atoms with Gasteiger partial charge in [0, 0.05) is 17.8 Å². The van der Waals surface area contributed by atoms with E-state index in [1.165, 1.54) is 11.8 Å². The second kappa shape index (κ2) is 11.1. The fourth-order valence-electron chi connectivity index (χ4n) is 3.51. The Balaban J connectivity index is 1.40. The van der Waals surface area contributed by atoms with E-state index < -0.39 is 0 Å². The van der Waals surface area contributed by atoms with Gasteiger partial charge >= 0.3 is 0 Å². The summed E-state index contributed by atoms with van der Waals surface area (Å²) in [4.78, 5) is 27.5. The van der Waals surface area contributed by atoms with Crippen molar-refractivity contribution < 1.29 is 14.3 Å². The molecule has 4 rings (SSSR count). The van der Waals surface area contributed by atoms with E-state index >= 15 is 0 Å². The van der Waals surface area contributed by atoms with E-state index in [0.717, 1.165) is 28.8 Å². The van der Waals surface area contributed by atoms with E-state index in [2.05, 4.69) is 5.32 Å². The molecule has 0 spiro atoms. The van der Waals surface area contributed by atoms with Gasteiger partial charge in [-0.25, -0.2) is 0 Å². The van der Waals surface area contributed by atoms with Crippen LogP contribution in [0.15, 0.2) is 83.8 Å². The third kappa shape index (κ3) is 6.12. The third-order valence-electron chi connectivity index (χ3n) is 5.21. The fraction of sp³-hybridized carbons (Fsp3) is 0.148. The average Bonchev–Trinajstić information content (AvgIpc) is 3.10. The second-order valence-electron chi connectivity index (χ2n) is 7.81. The van der Waals surface area contributed by atoms with E-state index in [-0.39, 0.29) is 18.4 Å². The number of benzene rings is 3. The summed E-state index contributed by atoms with van der Waals surface area (Å²) in [7, 11) is 0. The van der Waals surface area contributed by atoms with Crippen molar-refractivity contribution in [1.82, 2.24) is 4.90 Å². The quantitative estimate of drug-likeness (QED) is 0.337. The molecule has 7 heteroatoms. The number of ether oxygens (including phenoxy) is 1. The van der Waals surface area contributed by atoms with Gasteiger partial charge in [-0.1, -0.05) is 84.6 Å². The lowest BCUT2D eigenvalue weighted by Crippen LogP contribution is -2.30. The molecule has 3 aromatic rings. The van der Waals surface area contributed by atoms with E-state index in [0.29, 0.717) is 21.5 Å². The van der Waals surface area contributed by atoms with E-state index in [4.69, 9.17) is 17.0 Å². The van der Waals surface area contributed by atoms with Crippen LogP contribution < -0.4 is 10.1 Å². The molecular formula is C27H24N2O3S2. The Kier molecular flexibility index (Phi) is 7.77. The molecule has 172 valence electrons. The Morgan fingerprint density at radius 2 is 1.82 bits per heavy atom. The Morgan fingerprint density at radius 1 is 1.06 bits per heavy atom. The zero-order valence-electron chi connectivity index (χ0n) is 18.7. The number of rotatable bonds is 8. The lowest BCUT2D eigenvalue weighted by molar-refractivity contribution is -0.122. The van der Waals surface area contributed by atoms with Crippen LogP contribution in [0.5, 0.6) is 5.75 Å². The first kappa shape index (κ1) is 23.7. The van der Waals surface area contributed by atoms with Gasteiger partial charge in [0.1, 0.15) is 10.1 Å². The van der Waals surface area contributed by atoms with Crippen molar-refractivity contribution >= 4 is 51.9 Å². The minimum atomic E-state index is -0.257. The van der Waals surface area contributed by atoms with Gasteiger partial charge in [-0.2, -0.15) is 0 Å². The van der Waals surface area contributed by atoms with Gasteiger partial charge < -0.3 is 10.1 Å². The topological polar surface area (TPSA) is 58.6 Å². The summed E-state index contributed by atoms with van der Waals surface area (Å²) in [6.07, 6.45) is 2.51. The number of carbonyl (C=O) groups is 2. The lowest BCUT2D eigenvalue weighted by Gasteiger charge is -2.14. The Hall–Kier alpha value is -3.42. The fourth-order valence-corrected chi connectivity index (χ4v) is 4.81. The van der Waals surface area contributed by atoms with Crippen molar-refractivity contribution in [3.63, 3.8) is 0 Å². The smallest absolute Gasteiger partial charge is 0.266 e. The highest BCUT2D eigenvalue weighted by molar-refractivity contribution is 8.26. The second-order valence-corrected chi connectivity index (χ2v) is 9.49. The van der Waals surface area contributed by atoms with Crippen LogP contribution in [-0.4, -0.2) is 34.2 Å². The molecule has 34 heavy (non-hydrogen) atoms. The maximum Gasteiger partial charge on any atom is 0.266 e. The summed E-state index contributed by atoms with van der Waals surface area (Å²) >= 11 is 6.74. The number of thioether (sulfide) groups is 1. The molecule has 3 aromatic carbocycles. The van der Waals surface area contributed by atoms with Gasteiger partial charge in [0.25, 0.3) is 11.8 Å². The van der Waals surface area contributed by atoms with Crippen molar-refractivity contribution in [3.05, 3.63) is 100 Å². The average molecular weight is 489 g/mol. The van der Waals surface area contributed by atoms with Crippen molar-refractivity contribution in [2.75, 3.05) is 18.5 Å². The number of hydrogen-bond donors (Lipinski definition) is 1. The third-order valence-corrected chi connectivity index (χ3v) is 6.58. The first-order valence-electron chi connectivity index (χ1n) is 10.9. The largest absolute Gasteiger partial charge is 0.483 e. The molecule has 2 amide bonds. The van der Waals surface area contributed by atoms with Crippen molar-refractivity contribution in [2.45, 2.75) is 13.3 Å². The number of aryl methyl sites for hydroxylation is 1. The maximum atomic E-state index is 13.0. The van der Waals surface area contributed by atoms with Gasteiger partial charge in [-0.15, -0.1) is 0 Å². The van der Waals surface area contributed by atoms with Crippen LogP contribution in [0, 0.1) is 6.92 Å². The number of nitrogens with zero attached hydrogens (tertiary/aromatic N) is 1. The summed E-state index contributed by atoms with van der Waals surface area (Å²) in [6, 6.07) is 24.9. The van der Waals surface area contributed by atoms with Crippen LogP contribution in [0.25, 0.3) is 6.08 Å². The van der Waals surface area contributed by atoms with E-state index in [1.54, 1.807) is 17.0 Å². The van der Waals surface area contributed by atoms with Crippen molar-refractivity contribution in [3.8, 4) is 5.75 Å². The molecule has 0 aromatic heterocycles. The molecule has 0 saturated carbocycles. The number of amides is 2. The molecule has 1 aliphatic heterocycles. The summed E-state index contributed by atoms with van der Waals surface area (Å²) in [5, 5.41) is 2.83. The predicted molar refractivity (Wildman–Crippen MR) is 142 cm³/mol. The molecule has 0 aliphatic carbocycles. The standard InChI is InChI=1S/C27H24N2O3S2/c1-19-8-7-12-22(16-19)28-25(30)18-32-23-13-6-5-11-21(23)17-24-26(31)29(27(33)34-24)15-14-20-9-3-2-4-10-20/h2-13,16-17H,14-15,18H2,1H3,(H,28,30)/b24-17-. The van der Waals surface area contributed by atoms with Crippen LogP contribution in [-0.2, 0) is 16.0 Å². The van der Waals surface area contributed by atoms with Crippen LogP contribution >= 0.6 is 24.0 Å². The number of anilines is 1. The molecule has 5 nitrogen and oxygen atoms in total. The molecule has 1 fully saturated rings. The monoisotopic (exact) mass is 488 g/mol. The number of carbonyl (C=O) groups excluding carboxylic acids is 2. The van der Waals surface area contributed by atoms with Crippen LogP contribution in [0.1, 0.15) is 16.7 Å². The molecule has 0 unspecified atom stereocenters. The lowest BCUT2D eigenvalue weighted by atomic mass is 10.1. The molecule has 0 radical (unpaired) electrons. The summed E-state index contributed by atoms with van der Waals surface area (Å²) < 4.78 is 6.33. The van der Waals surface area contributed by atoms with Gasteiger partial charge in [0.05, 0.1) is 4.91 Å². The molecule has 1 saturated heterocycles. The van der Waals surface area contributed by atoms with Gasteiger partial charge in [0.2, 0.25) is 0 Å². The predicted octanol–water partition coefficient (Wildman–Crippen LogP) is 5.46. The van der Waals surface area contributed by atoms with Crippen molar-refractivity contribution in [2.24, 2.45) is 0 Å². The number of thiocarbonyl (C=S) groups is 1. The Labute approximate surface area is 208 Å². The Bertz CT molecular complexity index is 1240. The summed E-state index contributed by atoms with van der Waals surface area (Å²) in [6.45, 7) is 2.35. The molecule has 1 N–H and O–H groups in total. The summed E-state index contributed by atoms with van der Waals surface area (Å²) in [5.41, 5.74) is 3.66. The molecular weight excluding hydrogens is 464 g/mol. The number of nitrogens with one attached hydrogen (secondary N) is 1. The highest BCUT2D eigenvalue weighted by Crippen LogP contribution is 2.34. The van der Waals surface area contributed by atoms with E-state index in [9.17, 15) is 9.59 Å². The molecule has 1 heterocycles. The summed E-state index contributed by atoms with van der Waals surface area (Å²) in [5.74, 6) is 0.155. The zero-order valence-corrected chi connectivity index (χ0v) is 20.3. The van der Waals surface area contributed by atoms with Crippen molar-refractivity contribution in [1.29, 1.82) is 0 Å². The SMILES string of the molecule is Cc1cccc(NC(=O)COc2ccccc2/C=C2\SC(=S)N(CCc3ccccc3)C2=O)c1. The highest BCUT2D eigenvalue weighted by atomic mass is 32.2. The molecule has 0 atom stereocenters. The van der Waals surface area contributed by atoms with Gasteiger partial charge in [0.15, 0.2) is 6.61 Å². The van der Waals surface area contributed by atoms with Crippen LogP contribution in [0.3, 0.4) is 0 Å². The van der Waals surface area contributed by atoms with Gasteiger partial charge in [-0.05, 0) is 48.7 Å². The normalized spacial score (nSPS) is 14.5.